The van der Waals surface area contributed by atoms with Crippen molar-refractivity contribution in [3.8, 4) is 0 Å². The molecule has 1 aromatic carbocycles. The summed E-state index contributed by atoms with van der Waals surface area (Å²) in [5.41, 5.74) is 1.30. The van der Waals surface area contributed by atoms with Crippen LogP contribution in [0.2, 0.25) is 5.02 Å². The number of rotatable bonds is 2. The Labute approximate surface area is 118 Å². The Morgan fingerprint density at radius 1 is 1.53 bits per heavy atom. The second-order valence-electron chi connectivity index (χ2n) is 5.02. The maximum absolute atomic E-state index is 12.5. The third-order valence-electron chi connectivity index (χ3n) is 3.69. The molecule has 0 spiro atoms. The minimum absolute atomic E-state index is 0.0854. The second kappa shape index (κ2) is 5.80. The number of likely N-dealkylation sites (tertiary alicyclic amines) is 1. The first kappa shape index (κ1) is 14.2. The highest BCUT2D eigenvalue weighted by atomic mass is 35.5. The van der Waals surface area contributed by atoms with Crippen molar-refractivity contribution in [3.05, 3.63) is 28.8 Å². The zero-order valence-electron chi connectivity index (χ0n) is 11.2. The maximum atomic E-state index is 12.5. The number of anilines is 1. The summed E-state index contributed by atoms with van der Waals surface area (Å²) in [5.74, 6) is 0.157. The molecule has 1 heterocycles. The molecule has 1 saturated heterocycles. The van der Waals surface area contributed by atoms with E-state index in [2.05, 4.69) is 5.32 Å². The number of aliphatic hydroxyl groups is 1. The summed E-state index contributed by atoms with van der Waals surface area (Å²) in [6.45, 7) is 3.06. The molecule has 2 unspecified atom stereocenters. The number of carbonyl (C=O) groups is 1. The lowest BCUT2D eigenvalue weighted by Crippen LogP contribution is -2.45. The number of hydrogen-bond acceptors (Lipinski definition) is 3. The summed E-state index contributed by atoms with van der Waals surface area (Å²) in [4.78, 5) is 14.2. The molecular weight excluding hydrogens is 264 g/mol. The van der Waals surface area contributed by atoms with Gasteiger partial charge in [-0.15, -0.1) is 0 Å². The molecule has 0 bridgehead atoms. The number of benzene rings is 1. The predicted molar refractivity (Wildman–Crippen MR) is 76.7 cm³/mol. The van der Waals surface area contributed by atoms with Crippen molar-refractivity contribution >= 4 is 23.2 Å². The van der Waals surface area contributed by atoms with Crippen molar-refractivity contribution in [1.82, 2.24) is 4.90 Å². The summed E-state index contributed by atoms with van der Waals surface area (Å²) in [6, 6.07) is 5.20. The van der Waals surface area contributed by atoms with Gasteiger partial charge in [-0.1, -0.05) is 18.5 Å². The Bertz CT molecular complexity index is 479. The molecule has 1 fully saturated rings. The van der Waals surface area contributed by atoms with E-state index >= 15 is 0 Å². The molecule has 104 valence electrons. The molecule has 0 aliphatic carbocycles. The number of β-amino-alcohol motifs (C(OH)–C–C–N with tert-alkyl or cyclic N) is 1. The molecule has 2 rings (SSSR count). The van der Waals surface area contributed by atoms with E-state index < -0.39 is 6.10 Å². The summed E-state index contributed by atoms with van der Waals surface area (Å²) >= 11 is 5.96. The fourth-order valence-corrected chi connectivity index (χ4v) is 2.49. The van der Waals surface area contributed by atoms with E-state index in [0.29, 0.717) is 23.7 Å². The largest absolute Gasteiger partial charge is 0.391 e. The Morgan fingerprint density at radius 3 is 2.89 bits per heavy atom. The van der Waals surface area contributed by atoms with Crippen LogP contribution in [0.1, 0.15) is 23.7 Å². The highest BCUT2D eigenvalue weighted by Crippen LogP contribution is 2.24. The number of nitrogens with one attached hydrogen (secondary N) is 1. The van der Waals surface area contributed by atoms with Gasteiger partial charge in [0.2, 0.25) is 0 Å². The van der Waals surface area contributed by atoms with Crippen LogP contribution in [0.15, 0.2) is 18.2 Å². The number of piperidine rings is 1. The SMILES string of the molecule is CNc1ccc(Cl)cc1C(=O)N1CCC(C)C(O)C1. The Morgan fingerprint density at radius 2 is 2.26 bits per heavy atom. The van der Waals surface area contributed by atoms with Gasteiger partial charge in [0.25, 0.3) is 5.91 Å². The van der Waals surface area contributed by atoms with E-state index in [1.807, 2.05) is 6.92 Å². The number of amides is 1. The Hall–Kier alpha value is -1.26. The molecule has 1 amide bonds. The quantitative estimate of drug-likeness (QED) is 0.875. The van der Waals surface area contributed by atoms with Crippen molar-refractivity contribution < 1.29 is 9.90 Å². The van der Waals surface area contributed by atoms with Crippen LogP contribution < -0.4 is 5.32 Å². The van der Waals surface area contributed by atoms with E-state index in [9.17, 15) is 9.90 Å². The van der Waals surface area contributed by atoms with E-state index in [4.69, 9.17) is 11.6 Å². The number of hydrogen-bond donors (Lipinski definition) is 2. The van der Waals surface area contributed by atoms with Crippen molar-refractivity contribution in [2.24, 2.45) is 5.92 Å². The maximum Gasteiger partial charge on any atom is 0.256 e. The summed E-state index contributed by atoms with van der Waals surface area (Å²) in [7, 11) is 1.77. The Kier molecular flexibility index (Phi) is 4.32. The third kappa shape index (κ3) is 3.01. The molecule has 4 nitrogen and oxygen atoms in total. The van der Waals surface area contributed by atoms with Crippen LogP contribution in [0, 0.1) is 5.92 Å². The summed E-state index contributed by atoms with van der Waals surface area (Å²) < 4.78 is 0. The van der Waals surface area contributed by atoms with Crippen molar-refractivity contribution in [3.63, 3.8) is 0 Å². The van der Waals surface area contributed by atoms with Gasteiger partial charge < -0.3 is 15.3 Å². The average molecular weight is 283 g/mol. The van der Waals surface area contributed by atoms with Crippen LogP contribution in [0.5, 0.6) is 0 Å². The average Bonchev–Trinajstić information content (AvgIpc) is 2.41. The third-order valence-corrected chi connectivity index (χ3v) is 3.92. The number of nitrogens with zero attached hydrogens (tertiary/aromatic N) is 1. The van der Waals surface area contributed by atoms with Gasteiger partial charge in [-0.05, 0) is 30.5 Å². The molecular formula is C14H19ClN2O2. The van der Waals surface area contributed by atoms with Gasteiger partial charge >= 0.3 is 0 Å². The molecule has 5 heteroatoms. The van der Waals surface area contributed by atoms with Crippen LogP contribution in [-0.2, 0) is 0 Å². The van der Waals surface area contributed by atoms with Gasteiger partial charge in [0.1, 0.15) is 0 Å². The minimum atomic E-state index is -0.449. The van der Waals surface area contributed by atoms with E-state index in [-0.39, 0.29) is 11.8 Å². The highest BCUT2D eigenvalue weighted by molar-refractivity contribution is 6.31. The molecule has 0 saturated carbocycles. The lowest BCUT2D eigenvalue weighted by atomic mass is 9.95. The topological polar surface area (TPSA) is 52.6 Å². The molecule has 19 heavy (non-hydrogen) atoms. The van der Waals surface area contributed by atoms with Crippen LogP contribution in [0.4, 0.5) is 5.69 Å². The number of halogens is 1. The lowest BCUT2D eigenvalue weighted by molar-refractivity contribution is 0.0249. The van der Waals surface area contributed by atoms with Crippen LogP contribution >= 0.6 is 11.6 Å². The summed E-state index contributed by atoms with van der Waals surface area (Å²) in [5, 5.41) is 13.4. The van der Waals surface area contributed by atoms with Gasteiger partial charge in [-0.25, -0.2) is 0 Å². The van der Waals surface area contributed by atoms with Crippen molar-refractivity contribution in [2.75, 3.05) is 25.5 Å². The van der Waals surface area contributed by atoms with Crippen molar-refractivity contribution in [2.45, 2.75) is 19.4 Å². The lowest BCUT2D eigenvalue weighted by Gasteiger charge is -2.34. The molecule has 1 aliphatic heterocycles. The fourth-order valence-electron chi connectivity index (χ4n) is 2.32. The molecule has 0 aromatic heterocycles. The van der Waals surface area contributed by atoms with Gasteiger partial charge in [0.15, 0.2) is 0 Å². The molecule has 2 atom stereocenters. The van der Waals surface area contributed by atoms with Crippen LogP contribution in [0.25, 0.3) is 0 Å². The monoisotopic (exact) mass is 282 g/mol. The minimum Gasteiger partial charge on any atom is -0.391 e. The first-order valence-electron chi connectivity index (χ1n) is 6.47. The van der Waals surface area contributed by atoms with Crippen molar-refractivity contribution in [1.29, 1.82) is 0 Å². The number of aliphatic hydroxyl groups excluding tert-OH is 1. The predicted octanol–water partition coefficient (Wildman–Crippen LogP) is 2.22. The molecule has 2 N–H and O–H groups in total. The number of carbonyl (C=O) groups excluding carboxylic acids is 1. The van der Waals surface area contributed by atoms with Gasteiger partial charge in [-0.3, -0.25) is 4.79 Å². The highest BCUT2D eigenvalue weighted by Gasteiger charge is 2.28. The normalized spacial score (nSPS) is 23.3. The Balaban J connectivity index is 2.22. The van der Waals surface area contributed by atoms with Crippen LogP contribution in [-0.4, -0.2) is 42.2 Å². The van der Waals surface area contributed by atoms with Gasteiger partial charge in [0.05, 0.1) is 11.7 Å². The van der Waals surface area contributed by atoms with Crippen LogP contribution in [0.3, 0.4) is 0 Å². The zero-order chi connectivity index (χ0) is 14.0. The first-order valence-corrected chi connectivity index (χ1v) is 6.85. The first-order chi connectivity index (χ1) is 9.02. The molecule has 0 radical (unpaired) electrons. The van der Waals surface area contributed by atoms with E-state index in [1.165, 1.54) is 0 Å². The van der Waals surface area contributed by atoms with E-state index in [1.54, 1.807) is 30.1 Å². The van der Waals surface area contributed by atoms with Gasteiger partial charge in [0, 0.05) is 30.8 Å². The second-order valence-corrected chi connectivity index (χ2v) is 5.46. The van der Waals surface area contributed by atoms with E-state index in [0.717, 1.165) is 12.1 Å². The fraction of sp³-hybridized carbons (Fsp3) is 0.500. The van der Waals surface area contributed by atoms with Gasteiger partial charge in [-0.2, -0.15) is 0 Å². The molecule has 1 aliphatic rings. The smallest absolute Gasteiger partial charge is 0.256 e. The standard InChI is InChI=1S/C14H19ClN2O2/c1-9-5-6-17(8-13(9)18)14(19)11-7-10(15)3-4-12(11)16-2/h3-4,7,9,13,16,18H,5-6,8H2,1-2H3. The summed E-state index contributed by atoms with van der Waals surface area (Å²) in [6.07, 6.45) is 0.373. The zero-order valence-corrected chi connectivity index (χ0v) is 11.9. The molecule has 1 aromatic rings.